The molecule has 5 nitrogen and oxygen atoms in total. The van der Waals surface area contributed by atoms with E-state index in [4.69, 9.17) is 14.2 Å². The lowest BCUT2D eigenvalue weighted by atomic mass is 9.76. The lowest BCUT2D eigenvalue weighted by molar-refractivity contribution is -0.215. The summed E-state index contributed by atoms with van der Waals surface area (Å²) in [4.78, 5) is 0. The molecular formula is C34H45NO4. The Kier molecular flexibility index (Phi) is 9.63. The lowest BCUT2D eigenvalue weighted by Crippen LogP contribution is -2.49. The third-order valence-corrected chi connectivity index (χ3v) is 7.21. The summed E-state index contributed by atoms with van der Waals surface area (Å²) < 4.78 is 18.1. The Labute approximate surface area is 234 Å². The van der Waals surface area contributed by atoms with Gasteiger partial charge in [0.2, 0.25) is 0 Å². The van der Waals surface area contributed by atoms with Crippen molar-refractivity contribution < 1.29 is 19.3 Å². The monoisotopic (exact) mass is 531 g/mol. The first-order valence-electron chi connectivity index (χ1n) is 14.1. The zero-order valence-corrected chi connectivity index (χ0v) is 24.1. The molecule has 0 aromatic heterocycles. The van der Waals surface area contributed by atoms with Crippen molar-refractivity contribution in [3.63, 3.8) is 0 Å². The summed E-state index contributed by atoms with van der Waals surface area (Å²) in [5, 5.41) is 14.6. The predicted molar refractivity (Wildman–Crippen MR) is 157 cm³/mol. The summed E-state index contributed by atoms with van der Waals surface area (Å²) in [5.41, 5.74) is 2.81. The predicted octanol–water partition coefficient (Wildman–Crippen LogP) is 6.29. The van der Waals surface area contributed by atoms with Crippen LogP contribution in [-0.4, -0.2) is 48.5 Å². The maximum absolute atomic E-state index is 10.5. The molecule has 0 amide bonds. The average Bonchev–Trinajstić information content (AvgIpc) is 3.27. The Hall–Kier alpha value is -2.54. The molecule has 3 unspecified atom stereocenters. The highest BCUT2D eigenvalue weighted by molar-refractivity contribution is 5.49. The molecule has 1 aliphatic carbocycles. The fourth-order valence-corrected chi connectivity index (χ4v) is 5.66. The first-order chi connectivity index (χ1) is 18.6. The van der Waals surface area contributed by atoms with Crippen LogP contribution in [0.2, 0.25) is 0 Å². The number of hydrogen-bond donors (Lipinski definition) is 2. The molecule has 210 valence electrons. The summed E-state index contributed by atoms with van der Waals surface area (Å²) in [5.74, 6) is -1.08. The Bertz CT molecular complexity index is 1030. The van der Waals surface area contributed by atoms with Crippen LogP contribution in [0.1, 0.15) is 64.2 Å². The summed E-state index contributed by atoms with van der Waals surface area (Å²) in [6, 6.07) is 32.1. The normalized spacial score (nSPS) is 20.3. The van der Waals surface area contributed by atoms with Crippen LogP contribution in [-0.2, 0) is 19.7 Å². The number of nitrogens with one attached hydrogen (secondary N) is 1. The molecule has 0 aliphatic heterocycles. The van der Waals surface area contributed by atoms with E-state index < -0.39 is 11.3 Å². The molecule has 0 bridgehead atoms. The van der Waals surface area contributed by atoms with E-state index in [1.165, 1.54) is 16.7 Å². The van der Waals surface area contributed by atoms with Crippen LogP contribution < -0.4 is 5.32 Å². The van der Waals surface area contributed by atoms with E-state index in [1.54, 1.807) is 13.8 Å². The topological polar surface area (TPSA) is 60.0 Å². The van der Waals surface area contributed by atoms with E-state index >= 15 is 0 Å². The number of ether oxygens (including phenoxy) is 3. The van der Waals surface area contributed by atoms with Crippen molar-refractivity contribution in [2.45, 2.75) is 76.5 Å². The van der Waals surface area contributed by atoms with Crippen LogP contribution in [0.5, 0.6) is 0 Å². The van der Waals surface area contributed by atoms with Gasteiger partial charge < -0.3 is 19.3 Å². The third kappa shape index (κ3) is 8.00. The fourth-order valence-electron chi connectivity index (χ4n) is 5.66. The largest absolute Gasteiger partial charge is 0.379 e. The van der Waals surface area contributed by atoms with Crippen LogP contribution in [0.25, 0.3) is 0 Å². The first-order valence-corrected chi connectivity index (χ1v) is 14.1. The summed E-state index contributed by atoms with van der Waals surface area (Å²) in [6.07, 6.45) is 1.51. The van der Waals surface area contributed by atoms with E-state index in [1.807, 2.05) is 20.8 Å². The molecule has 3 aromatic carbocycles. The quantitative estimate of drug-likeness (QED) is 0.163. The zero-order chi connectivity index (χ0) is 27.9. The molecule has 0 heterocycles. The molecule has 3 atom stereocenters. The summed E-state index contributed by atoms with van der Waals surface area (Å²) in [6.45, 7) is 11.2. The first kappa shape index (κ1) is 29.4. The number of hydrogen-bond acceptors (Lipinski definition) is 5. The number of rotatable bonds is 12. The molecule has 5 heteroatoms. The molecule has 2 N–H and O–H groups in total. The number of benzene rings is 3. The van der Waals surface area contributed by atoms with Crippen molar-refractivity contribution in [2.24, 2.45) is 5.92 Å². The van der Waals surface area contributed by atoms with Crippen LogP contribution in [0.3, 0.4) is 0 Å². The van der Waals surface area contributed by atoms with E-state index in [0.717, 1.165) is 12.8 Å². The lowest BCUT2D eigenvalue weighted by Gasteiger charge is -2.39. The minimum Gasteiger partial charge on any atom is -0.379 e. The highest BCUT2D eigenvalue weighted by atomic mass is 16.6. The van der Waals surface area contributed by atoms with Crippen molar-refractivity contribution in [1.82, 2.24) is 5.32 Å². The minimum atomic E-state index is -1.22. The maximum atomic E-state index is 10.5. The molecule has 0 radical (unpaired) electrons. The van der Waals surface area contributed by atoms with Gasteiger partial charge in [0.25, 0.3) is 0 Å². The minimum absolute atomic E-state index is 0.133. The molecular weight excluding hydrogens is 486 g/mol. The maximum Gasteiger partial charge on any atom is 0.160 e. The third-order valence-electron chi connectivity index (χ3n) is 7.21. The standard InChI is InChI=1S/C34H45NO4/c1-32(2,3)38-22-21-37-25-26-23-30(24-31(26)39-33(4,5)36)35-34(27-15-9-6-10-16-27,28-17-11-7-12-18-28)29-19-13-8-14-20-29/h6-20,26,30-31,35-36H,21-25H2,1-5H3. The second-order valence-electron chi connectivity index (χ2n) is 12.1. The van der Waals surface area contributed by atoms with E-state index in [0.29, 0.717) is 19.8 Å². The van der Waals surface area contributed by atoms with Crippen molar-refractivity contribution in [3.05, 3.63) is 108 Å². The summed E-state index contributed by atoms with van der Waals surface area (Å²) >= 11 is 0. The van der Waals surface area contributed by atoms with Gasteiger partial charge in [0.1, 0.15) is 0 Å². The van der Waals surface area contributed by atoms with Gasteiger partial charge in [-0.2, -0.15) is 0 Å². The zero-order valence-electron chi connectivity index (χ0n) is 24.1. The molecule has 1 aliphatic rings. The Morgan fingerprint density at radius 1 is 0.718 bits per heavy atom. The van der Waals surface area contributed by atoms with Gasteiger partial charge in [-0.25, -0.2) is 0 Å². The van der Waals surface area contributed by atoms with E-state index in [2.05, 4.69) is 96.3 Å². The van der Waals surface area contributed by atoms with Gasteiger partial charge in [-0.05, 0) is 64.2 Å². The van der Waals surface area contributed by atoms with Crippen LogP contribution >= 0.6 is 0 Å². The van der Waals surface area contributed by atoms with Gasteiger partial charge in [0, 0.05) is 12.0 Å². The van der Waals surface area contributed by atoms with Gasteiger partial charge in [-0.15, -0.1) is 0 Å². The smallest absolute Gasteiger partial charge is 0.160 e. The van der Waals surface area contributed by atoms with E-state index in [9.17, 15) is 5.11 Å². The van der Waals surface area contributed by atoms with Crippen LogP contribution in [0, 0.1) is 5.92 Å². The second kappa shape index (κ2) is 12.8. The Balaban J connectivity index is 1.62. The van der Waals surface area contributed by atoms with Crippen molar-refractivity contribution in [2.75, 3.05) is 19.8 Å². The van der Waals surface area contributed by atoms with Gasteiger partial charge in [-0.1, -0.05) is 91.0 Å². The molecule has 1 fully saturated rings. The van der Waals surface area contributed by atoms with Gasteiger partial charge in [-0.3, -0.25) is 5.32 Å². The molecule has 0 saturated heterocycles. The summed E-state index contributed by atoms with van der Waals surface area (Å²) in [7, 11) is 0. The number of aliphatic hydroxyl groups is 1. The molecule has 3 aromatic rings. The highest BCUT2D eigenvalue weighted by Gasteiger charge is 2.44. The second-order valence-corrected chi connectivity index (χ2v) is 12.1. The molecule has 1 saturated carbocycles. The van der Waals surface area contributed by atoms with Gasteiger partial charge in [0.15, 0.2) is 5.79 Å². The van der Waals surface area contributed by atoms with Crippen molar-refractivity contribution in [1.29, 1.82) is 0 Å². The van der Waals surface area contributed by atoms with Crippen molar-refractivity contribution in [3.8, 4) is 0 Å². The Morgan fingerprint density at radius 3 is 1.64 bits per heavy atom. The SMILES string of the molecule is CC(C)(C)OCCOCC1CC(NC(c2ccccc2)(c2ccccc2)c2ccccc2)CC1OC(C)(C)O. The van der Waals surface area contributed by atoms with Crippen molar-refractivity contribution >= 4 is 0 Å². The van der Waals surface area contributed by atoms with Gasteiger partial charge >= 0.3 is 0 Å². The highest BCUT2D eigenvalue weighted by Crippen LogP contribution is 2.40. The Morgan fingerprint density at radius 2 is 1.21 bits per heavy atom. The fraction of sp³-hybridized carbons (Fsp3) is 0.471. The molecule has 0 spiro atoms. The molecule has 39 heavy (non-hydrogen) atoms. The average molecular weight is 532 g/mol. The van der Waals surface area contributed by atoms with Gasteiger partial charge in [0.05, 0.1) is 37.1 Å². The molecule has 4 rings (SSSR count). The van der Waals surface area contributed by atoms with Crippen LogP contribution in [0.4, 0.5) is 0 Å². The van der Waals surface area contributed by atoms with E-state index in [-0.39, 0.29) is 23.7 Å². The van der Waals surface area contributed by atoms with Crippen LogP contribution in [0.15, 0.2) is 91.0 Å².